The first-order valence-corrected chi connectivity index (χ1v) is 10.1. The van der Waals surface area contributed by atoms with Crippen LogP contribution in [0.2, 0.25) is 5.02 Å². The summed E-state index contributed by atoms with van der Waals surface area (Å²) in [5.74, 6) is 0.825. The Balaban J connectivity index is 1.78. The van der Waals surface area contributed by atoms with Crippen molar-refractivity contribution in [3.8, 4) is 11.5 Å². The predicted octanol–water partition coefficient (Wildman–Crippen LogP) is 4.74. The number of hydrogen-bond acceptors (Lipinski definition) is 4. The van der Waals surface area contributed by atoms with Gasteiger partial charge < -0.3 is 19.5 Å². The molecule has 1 atom stereocenters. The molecule has 0 aliphatic rings. The molecular formula is C21H19ClN2O4S. The second kappa shape index (κ2) is 9.45. The van der Waals surface area contributed by atoms with E-state index in [1.54, 1.807) is 73.8 Å². The summed E-state index contributed by atoms with van der Waals surface area (Å²) in [6.45, 7) is 0. The lowest BCUT2D eigenvalue weighted by molar-refractivity contribution is 0.102. The number of para-hydroxylation sites is 1. The molecule has 0 aromatic heterocycles. The third-order valence-electron chi connectivity index (χ3n) is 4.06. The van der Waals surface area contributed by atoms with E-state index in [1.807, 2.05) is 0 Å². The first-order chi connectivity index (χ1) is 14.0. The average molecular weight is 431 g/mol. The zero-order valence-corrected chi connectivity index (χ0v) is 17.3. The molecule has 0 saturated carbocycles. The minimum absolute atomic E-state index is 0.348. The third-order valence-corrected chi connectivity index (χ3v) is 5.46. The van der Waals surface area contributed by atoms with E-state index in [0.29, 0.717) is 38.4 Å². The molecule has 0 radical (unpaired) electrons. The van der Waals surface area contributed by atoms with Gasteiger partial charge in [0.05, 0.1) is 35.4 Å². The molecular weight excluding hydrogens is 412 g/mol. The van der Waals surface area contributed by atoms with E-state index >= 15 is 0 Å². The Kier molecular flexibility index (Phi) is 6.74. The summed E-state index contributed by atoms with van der Waals surface area (Å²) in [5, 5.41) is 3.17. The third kappa shape index (κ3) is 5.07. The number of halogens is 1. The van der Waals surface area contributed by atoms with Crippen LogP contribution in [0, 0.1) is 0 Å². The van der Waals surface area contributed by atoms with Gasteiger partial charge in [0.15, 0.2) is 0 Å². The molecule has 0 fully saturated rings. The number of carbonyl (C=O) groups excluding carboxylic acids is 1. The molecule has 1 unspecified atom stereocenters. The number of methoxy groups -OCH3 is 2. The summed E-state index contributed by atoms with van der Waals surface area (Å²) < 4.78 is 25.8. The Morgan fingerprint density at radius 1 is 0.966 bits per heavy atom. The molecule has 0 aliphatic heterocycles. The molecule has 0 spiro atoms. The maximum atomic E-state index is 12.8. The number of amides is 1. The standard InChI is InChI=1S/C21H19ClN2O4S/c1-27-15-8-10-16(11-9-15)29(26)24-19-6-4-3-5-17(19)21(25)23-14-7-12-20(28-2)18(22)13-14/h3-13,24H,1-2H3,(H,23,25). The van der Waals surface area contributed by atoms with Crippen molar-refractivity contribution in [2.75, 3.05) is 24.3 Å². The normalized spacial score (nSPS) is 11.4. The summed E-state index contributed by atoms with van der Waals surface area (Å²) >= 11 is 6.11. The molecule has 2 N–H and O–H groups in total. The number of nitrogens with one attached hydrogen (secondary N) is 2. The van der Waals surface area contributed by atoms with Crippen molar-refractivity contribution in [3.63, 3.8) is 0 Å². The van der Waals surface area contributed by atoms with Crippen LogP contribution in [-0.4, -0.2) is 24.3 Å². The highest BCUT2D eigenvalue weighted by atomic mass is 35.5. The fourth-order valence-electron chi connectivity index (χ4n) is 2.57. The lowest BCUT2D eigenvalue weighted by Crippen LogP contribution is -2.15. The van der Waals surface area contributed by atoms with Gasteiger partial charge in [0, 0.05) is 5.69 Å². The zero-order chi connectivity index (χ0) is 20.8. The summed E-state index contributed by atoms with van der Waals surface area (Å²) in [4.78, 5) is 13.3. The van der Waals surface area contributed by atoms with Gasteiger partial charge in [-0.2, -0.15) is 0 Å². The van der Waals surface area contributed by atoms with Crippen molar-refractivity contribution < 1.29 is 18.5 Å². The highest BCUT2D eigenvalue weighted by molar-refractivity contribution is 7.86. The van der Waals surface area contributed by atoms with E-state index in [4.69, 9.17) is 21.1 Å². The molecule has 0 bridgehead atoms. The van der Waals surface area contributed by atoms with Gasteiger partial charge in [-0.3, -0.25) is 4.79 Å². The molecule has 0 aliphatic carbocycles. The average Bonchev–Trinajstić information content (AvgIpc) is 2.74. The quantitative estimate of drug-likeness (QED) is 0.567. The number of anilines is 2. The van der Waals surface area contributed by atoms with Crippen molar-refractivity contribution in [1.82, 2.24) is 0 Å². The van der Waals surface area contributed by atoms with Crippen LogP contribution in [0.5, 0.6) is 11.5 Å². The van der Waals surface area contributed by atoms with Gasteiger partial charge >= 0.3 is 0 Å². The summed E-state index contributed by atoms with van der Waals surface area (Å²) in [7, 11) is 1.53. The molecule has 0 saturated heterocycles. The second-order valence-electron chi connectivity index (χ2n) is 5.90. The van der Waals surface area contributed by atoms with Crippen molar-refractivity contribution in [3.05, 3.63) is 77.3 Å². The highest BCUT2D eigenvalue weighted by Gasteiger charge is 2.14. The summed E-state index contributed by atoms with van der Waals surface area (Å²) in [6, 6.07) is 18.6. The number of benzene rings is 3. The molecule has 3 aromatic carbocycles. The van der Waals surface area contributed by atoms with Gasteiger partial charge in [0.25, 0.3) is 5.91 Å². The Labute approximate surface area is 176 Å². The minimum Gasteiger partial charge on any atom is -0.497 e. The lowest BCUT2D eigenvalue weighted by Gasteiger charge is -2.13. The molecule has 1 amide bonds. The number of hydrogen-bond donors (Lipinski definition) is 2. The van der Waals surface area contributed by atoms with Gasteiger partial charge in [0.2, 0.25) is 0 Å². The largest absolute Gasteiger partial charge is 0.497 e. The molecule has 150 valence electrons. The van der Waals surface area contributed by atoms with Gasteiger partial charge in [-0.05, 0) is 54.6 Å². The lowest BCUT2D eigenvalue weighted by atomic mass is 10.1. The number of ether oxygens (including phenoxy) is 2. The Morgan fingerprint density at radius 2 is 1.69 bits per heavy atom. The fraction of sp³-hybridized carbons (Fsp3) is 0.0952. The van der Waals surface area contributed by atoms with Gasteiger partial charge in [-0.1, -0.05) is 23.7 Å². The number of rotatable bonds is 7. The minimum atomic E-state index is -1.55. The van der Waals surface area contributed by atoms with Gasteiger partial charge in [0.1, 0.15) is 22.5 Å². The SMILES string of the molecule is COc1ccc(S(=O)Nc2ccccc2C(=O)Nc2ccc(OC)c(Cl)c2)cc1. The van der Waals surface area contributed by atoms with E-state index in [0.717, 1.165) is 0 Å². The fourth-order valence-corrected chi connectivity index (χ4v) is 3.71. The molecule has 29 heavy (non-hydrogen) atoms. The van der Waals surface area contributed by atoms with E-state index in [-0.39, 0.29) is 5.91 Å². The number of carbonyl (C=O) groups is 1. The molecule has 3 rings (SSSR count). The zero-order valence-electron chi connectivity index (χ0n) is 15.8. The van der Waals surface area contributed by atoms with Crippen LogP contribution >= 0.6 is 11.6 Å². The van der Waals surface area contributed by atoms with Crippen molar-refractivity contribution in [1.29, 1.82) is 0 Å². The Hall–Kier alpha value is -3.03. The van der Waals surface area contributed by atoms with Crippen LogP contribution in [0.25, 0.3) is 0 Å². The van der Waals surface area contributed by atoms with Crippen molar-refractivity contribution >= 4 is 39.9 Å². The van der Waals surface area contributed by atoms with Crippen LogP contribution in [0.4, 0.5) is 11.4 Å². The first-order valence-electron chi connectivity index (χ1n) is 8.58. The smallest absolute Gasteiger partial charge is 0.257 e. The van der Waals surface area contributed by atoms with E-state index in [1.165, 1.54) is 7.11 Å². The molecule has 0 heterocycles. The van der Waals surface area contributed by atoms with E-state index < -0.39 is 11.0 Å². The van der Waals surface area contributed by atoms with Crippen LogP contribution in [0.1, 0.15) is 10.4 Å². The first kappa shape index (κ1) is 20.7. The molecule has 3 aromatic rings. The topological polar surface area (TPSA) is 76.7 Å². The van der Waals surface area contributed by atoms with Crippen LogP contribution in [-0.2, 0) is 11.0 Å². The summed E-state index contributed by atoms with van der Waals surface area (Å²) in [5.41, 5.74) is 1.31. The van der Waals surface area contributed by atoms with Crippen LogP contribution in [0.15, 0.2) is 71.6 Å². The van der Waals surface area contributed by atoms with Gasteiger partial charge in [-0.15, -0.1) is 0 Å². The van der Waals surface area contributed by atoms with Gasteiger partial charge in [-0.25, -0.2) is 4.21 Å². The summed E-state index contributed by atoms with van der Waals surface area (Å²) in [6.07, 6.45) is 0. The maximum absolute atomic E-state index is 12.8. The van der Waals surface area contributed by atoms with Crippen LogP contribution < -0.4 is 19.5 Å². The predicted molar refractivity (Wildman–Crippen MR) is 115 cm³/mol. The Morgan fingerprint density at radius 3 is 2.34 bits per heavy atom. The Bertz CT molecular complexity index is 1040. The maximum Gasteiger partial charge on any atom is 0.257 e. The molecule has 6 nitrogen and oxygen atoms in total. The molecule has 8 heteroatoms. The van der Waals surface area contributed by atoms with Crippen molar-refractivity contribution in [2.24, 2.45) is 0 Å². The van der Waals surface area contributed by atoms with Crippen LogP contribution in [0.3, 0.4) is 0 Å². The van der Waals surface area contributed by atoms with Crippen molar-refractivity contribution in [2.45, 2.75) is 4.90 Å². The van der Waals surface area contributed by atoms with E-state index in [9.17, 15) is 9.00 Å². The second-order valence-corrected chi connectivity index (χ2v) is 7.52. The van der Waals surface area contributed by atoms with E-state index in [2.05, 4.69) is 10.0 Å². The highest BCUT2D eigenvalue weighted by Crippen LogP contribution is 2.28. The monoisotopic (exact) mass is 430 g/mol.